The van der Waals surface area contributed by atoms with Crippen LogP contribution in [-0.4, -0.2) is 64.0 Å². The van der Waals surface area contributed by atoms with Crippen molar-refractivity contribution in [2.24, 2.45) is 10.9 Å². The summed E-state index contributed by atoms with van der Waals surface area (Å²) < 4.78 is 10.8. The summed E-state index contributed by atoms with van der Waals surface area (Å²) in [5, 5.41) is 3.47. The molecule has 5 nitrogen and oxygen atoms in total. The van der Waals surface area contributed by atoms with E-state index in [0.717, 1.165) is 45.2 Å². The Labute approximate surface area is 188 Å². The third-order valence-corrected chi connectivity index (χ3v) is 5.13. The lowest BCUT2D eigenvalue weighted by molar-refractivity contribution is 0.0536. The normalized spacial score (nSPS) is 17.5. The van der Waals surface area contributed by atoms with Crippen LogP contribution in [0.3, 0.4) is 0 Å². The molecule has 0 aromatic heterocycles. The molecule has 1 aromatic carbocycles. The van der Waals surface area contributed by atoms with Crippen LogP contribution in [0.1, 0.15) is 38.3 Å². The zero-order chi connectivity index (χ0) is 19.7. The molecule has 0 spiro atoms. The number of benzene rings is 1. The third kappa shape index (κ3) is 7.87. The molecular formula is C22H38IN3O2. The summed E-state index contributed by atoms with van der Waals surface area (Å²) in [6.07, 6.45) is 1.15. The predicted molar refractivity (Wildman–Crippen MR) is 128 cm³/mol. The van der Waals surface area contributed by atoms with E-state index >= 15 is 0 Å². The van der Waals surface area contributed by atoms with Crippen LogP contribution in [0, 0.1) is 12.8 Å². The predicted octanol–water partition coefficient (Wildman–Crippen LogP) is 3.84. The van der Waals surface area contributed by atoms with Gasteiger partial charge in [-0.15, -0.1) is 24.0 Å². The Bertz CT molecular complexity index is 607. The van der Waals surface area contributed by atoms with E-state index in [1.165, 1.54) is 11.1 Å². The van der Waals surface area contributed by atoms with Crippen molar-refractivity contribution in [3.63, 3.8) is 0 Å². The van der Waals surface area contributed by atoms with E-state index < -0.39 is 0 Å². The lowest BCUT2D eigenvalue weighted by Gasteiger charge is -2.26. The minimum atomic E-state index is 0. The quantitative estimate of drug-likeness (QED) is 0.241. The summed E-state index contributed by atoms with van der Waals surface area (Å²) in [7, 11) is 1.71. The fraction of sp³-hybridized carbons (Fsp3) is 0.682. The number of nitrogens with one attached hydrogen (secondary N) is 1. The van der Waals surface area contributed by atoms with Gasteiger partial charge in [0.25, 0.3) is 0 Å². The van der Waals surface area contributed by atoms with E-state index in [-0.39, 0.29) is 29.4 Å². The number of ether oxygens (including phenoxy) is 2. The maximum Gasteiger partial charge on any atom is 0.193 e. The molecule has 0 aliphatic carbocycles. The Morgan fingerprint density at radius 3 is 2.79 bits per heavy atom. The average Bonchev–Trinajstić information content (AvgIpc) is 3.11. The number of aryl methyl sites for hydroxylation is 1. The summed E-state index contributed by atoms with van der Waals surface area (Å²) >= 11 is 0. The fourth-order valence-corrected chi connectivity index (χ4v) is 3.41. The molecule has 0 amide bonds. The number of nitrogens with zero attached hydrogens (tertiary/aromatic N) is 2. The van der Waals surface area contributed by atoms with Gasteiger partial charge in [0.05, 0.1) is 26.4 Å². The van der Waals surface area contributed by atoms with Gasteiger partial charge in [0.1, 0.15) is 0 Å². The number of rotatable bonds is 9. The molecule has 1 atom stereocenters. The van der Waals surface area contributed by atoms with Gasteiger partial charge < -0.3 is 19.7 Å². The Hall–Kier alpha value is -0.860. The summed E-state index contributed by atoms with van der Waals surface area (Å²) in [5.41, 5.74) is 2.65. The zero-order valence-electron chi connectivity index (χ0n) is 18.2. The van der Waals surface area contributed by atoms with Crippen LogP contribution in [0.15, 0.2) is 29.3 Å². The van der Waals surface area contributed by atoms with Gasteiger partial charge in [0.2, 0.25) is 0 Å². The monoisotopic (exact) mass is 503 g/mol. The van der Waals surface area contributed by atoms with Crippen molar-refractivity contribution in [2.75, 3.05) is 53.1 Å². The Morgan fingerprint density at radius 2 is 2.11 bits per heavy atom. The van der Waals surface area contributed by atoms with Gasteiger partial charge >= 0.3 is 0 Å². The number of guanidine groups is 1. The molecule has 0 saturated carbocycles. The molecule has 1 fully saturated rings. The highest BCUT2D eigenvalue weighted by Gasteiger charge is 2.26. The number of hydrogen-bond acceptors (Lipinski definition) is 3. The first-order valence-corrected chi connectivity index (χ1v) is 10.1. The lowest BCUT2D eigenvalue weighted by atomic mass is 9.84. The fourth-order valence-electron chi connectivity index (χ4n) is 3.41. The van der Waals surface area contributed by atoms with Crippen molar-refractivity contribution in [3.05, 3.63) is 35.4 Å². The number of hydrogen-bond donors (Lipinski definition) is 1. The minimum Gasteiger partial charge on any atom is -0.382 e. The largest absolute Gasteiger partial charge is 0.382 e. The second kappa shape index (κ2) is 12.6. The zero-order valence-corrected chi connectivity index (χ0v) is 20.5. The van der Waals surface area contributed by atoms with E-state index in [1.54, 1.807) is 7.11 Å². The molecule has 2 rings (SSSR count). The summed E-state index contributed by atoms with van der Waals surface area (Å²) in [4.78, 5) is 7.36. The van der Waals surface area contributed by atoms with Crippen LogP contribution in [0.2, 0.25) is 0 Å². The Balaban J connectivity index is 0.00000392. The van der Waals surface area contributed by atoms with Gasteiger partial charge in [-0.2, -0.15) is 0 Å². The highest BCUT2D eigenvalue weighted by Crippen LogP contribution is 2.25. The summed E-state index contributed by atoms with van der Waals surface area (Å²) in [5.74, 6) is 1.59. The van der Waals surface area contributed by atoms with Crippen LogP contribution in [0.5, 0.6) is 0 Å². The van der Waals surface area contributed by atoms with E-state index in [1.807, 2.05) is 0 Å². The highest BCUT2D eigenvalue weighted by molar-refractivity contribution is 14.0. The van der Waals surface area contributed by atoms with E-state index in [9.17, 15) is 0 Å². The molecule has 1 N–H and O–H groups in total. The van der Waals surface area contributed by atoms with Gasteiger partial charge in [-0.05, 0) is 25.8 Å². The SMILES string of the molecule is CCNC(=NCC(C)(C)c1cccc(C)c1)N1CCC(COCCOC)C1.I. The number of methoxy groups -OCH3 is 1. The van der Waals surface area contributed by atoms with Crippen LogP contribution in [0.4, 0.5) is 0 Å². The highest BCUT2D eigenvalue weighted by atomic mass is 127. The van der Waals surface area contributed by atoms with Crippen molar-refractivity contribution in [2.45, 2.75) is 39.5 Å². The molecule has 1 unspecified atom stereocenters. The molecule has 1 heterocycles. The van der Waals surface area contributed by atoms with Crippen molar-refractivity contribution >= 4 is 29.9 Å². The maximum atomic E-state index is 5.72. The summed E-state index contributed by atoms with van der Waals surface area (Å²) in [6.45, 7) is 14.6. The van der Waals surface area contributed by atoms with Crippen molar-refractivity contribution in [1.82, 2.24) is 10.2 Å². The molecule has 0 bridgehead atoms. The van der Waals surface area contributed by atoms with Crippen molar-refractivity contribution < 1.29 is 9.47 Å². The first kappa shape index (κ1) is 25.2. The van der Waals surface area contributed by atoms with Crippen molar-refractivity contribution in [1.29, 1.82) is 0 Å². The van der Waals surface area contributed by atoms with Crippen LogP contribution in [-0.2, 0) is 14.9 Å². The molecular weight excluding hydrogens is 465 g/mol. The topological polar surface area (TPSA) is 46.1 Å². The standard InChI is InChI=1S/C22H37N3O2.HI/c1-6-23-21(25-11-10-19(15-25)16-27-13-12-26-5)24-17-22(3,4)20-9-7-8-18(2)14-20;/h7-9,14,19H,6,10-13,15-17H2,1-5H3,(H,23,24);1H. The number of halogens is 1. The second-order valence-electron chi connectivity index (χ2n) is 8.09. The first-order chi connectivity index (χ1) is 13.0. The van der Waals surface area contributed by atoms with Gasteiger partial charge in [-0.25, -0.2) is 0 Å². The minimum absolute atomic E-state index is 0. The van der Waals surface area contributed by atoms with Gasteiger partial charge in [0.15, 0.2) is 5.96 Å². The van der Waals surface area contributed by atoms with E-state index in [0.29, 0.717) is 19.1 Å². The average molecular weight is 503 g/mol. The molecule has 1 aliphatic heterocycles. The molecule has 6 heteroatoms. The number of likely N-dealkylation sites (tertiary alicyclic amines) is 1. The maximum absolute atomic E-state index is 5.72. The summed E-state index contributed by atoms with van der Waals surface area (Å²) in [6, 6.07) is 8.76. The van der Waals surface area contributed by atoms with Crippen LogP contribution >= 0.6 is 24.0 Å². The second-order valence-corrected chi connectivity index (χ2v) is 8.09. The molecule has 1 aliphatic rings. The van der Waals surface area contributed by atoms with Crippen LogP contribution in [0.25, 0.3) is 0 Å². The smallest absolute Gasteiger partial charge is 0.193 e. The molecule has 1 saturated heterocycles. The lowest BCUT2D eigenvalue weighted by Crippen LogP contribution is -2.41. The Morgan fingerprint density at radius 1 is 1.32 bits per heavy atom. The third-order valence-electron chi connectivity index (χ3n) is 5.13. The van der Waals surface area contributed by atoms with Crippen LogP contribution < -0.4 is 5.32 Å². The molecule has 160 valence electrons. The Kier molecular flexibility index (Phi) is 11.4. The number of aliphatic imine (C=N–C) groups is 1. The van der Waals surface area contributed by atoms with Gasteiger partial charge in [-0.3, -0.25) is 4.99 Å². The van der Waals surface area contributed by atoms with Crippen molar-refractivity contribution in [3.8, 4) is 0 Å². The van der Waals surface area contributed by atoms with E-state index in [4.69, 9.17) is 14.5 Å². The van der Waals surface area contributed by atoms with Gasteiger partial charge in [-0.1, -0.05) is 43.7 Å². The first-order valence-electron chi connectivity index (χ1n) is 10.1. The molecule has 1 aromatic rings. The molecule has 28 heavy (non-hydrogen) atoms. The molecule has 0 radical (unpaired) electrons. The van der Waals surface area contributed by atoms with E-state index in [2.05, 4.69) is 62.2 Å². The van der Waals surface area contributed by atoms with Gasteiger partial charge in [0, 0.05) is 38.1 Å².